The van der Waals surface area contributed by atoms with Gasteiger partial charge in [0, 0.05) is 23.4 Å². The van der Waals surface area contributed by atoms with Crippen molar-refractivity contribution in [2.45, 2.75) is 25.2 Å². The van der Waals surface area contributed by atoms with Crippen molar-refractivity contribution in [1.82, 2.24) is 5.32 Å². The van der Waals surface area contributed by atoms with E-state index in [0.717, 1.165) is 12.1 Å². The monoisotopic (exact) mass is 423 g/mol. The summed E-state index contributed by atoms with van der Waals surface area (Å²) in [6, 6.07) is 11.2. The Kier molecular flexibility index (Phi) is 5.72. The first-order chi connectivity index (χ1) is 14.6. The molecule has 152 valence electrons. The summed E-state index contributed by atoms with van der Waals surface area (Å²) in [7, 11) is 0. The summed E-state index contributed by atoms with van der Waals surface area (Å²) in [5.74, 6) is -0.649. The van der Waals surface area contributed by atoms with Gasteiger partial charge in [0.1, 0.15) is 11.6 Å². The van der Waals surface area contributed by atoms with E-state index in [-0.39, 0.29) is 23.3 Å². The Balaban J connectivity index is 1.56. The van der Waals surface area contributed by atoms with Crippen LogP contribution < -0.4 is 10.6 Å². The molecule has 6 nitrogen and oxygen atoms in total. The standard InChI is InChI=1S/C22H18FN3O3S/c23-13-6-8-14(9-7-13)25-19(28)12-30-22-15(11-24)20(18-5-2-10-29-18)21-16(26-22)3-1-4-17(21)27/h2,5-10,20,26H,1,3-4,12H2,(H,25,28)/t20-/m1/s1. The molecule has 0 bridgehead atoms. The molecule has 0 saturated heterocycles. The second-order valence-electron chi connectivity index (χ2n) is 6.94. The second kappa shape index (κ2) is 8.59. The number of carbonyl (C=O) groups excluding carboxylic acids is 2. The third kappa shape index (κ3) is 4.02. The van der Waals surface area contributed by atoms with Crippen LogP contribution in [0.3, 0.4) is 0 Å². The average molecular weight is 423 g/mol. The lowest BCUT2D eigenvalue weighted by molar-refractivity contribution is -0.116. The number of nitriles is 1. The number of ketones is 1. The number of furan rings is 1. The fourth-order valence-corrected chi connectivity index (χ4v) is 4.51. The Morgan fingerprint density at radius 2 is 2.10 bits per heavy atom. The van der Waals surface area contributed by atoms with Crippen LogP contribution in [0.2, 0.25) is 0 Å². The van der Waals surface area contributed by atoms with Crippen LogP contribution in [0.4, 0.5) is 10.1 Å². The number of amides is 1. The van der Waals surface area contributed by atoms with E-state index in [0.29, 0.717) is 40.5 Å². The number of anilines is 1. The SMILES string of the molecule is N#CC1=C(SCC(=O)Nc2ccc(F)cc2)NC2=C(C(=O)CCC2)[C@H]1c1ccco1. The molecule has 1 aromatic heterocycles. The predicted molar refractivity (Wildman–Crippen MR) is 111 cm³/mol. The molecule has 0 saturated carbocycles. The molecular formula is C22H18FN3O3S. The molecule has 2 heterocycles. The first kappa shape index (κ1) is 20.0. The van der Waals surface area contributed by atoms with Crippen molar-refractivity contribution in [1.29, 1.82) is 5.26 Å². The number of allylic oxidation sites excluding steroid dienone is 3. The van der Waals surface area contributed by atoms with Gasteiger partial charge in [-0.05, 0) is 49.2 Å². The lowest BCUT2D eigenvalue weighted by Crippen LogP contribution is -2.31. The Morgan fingerprint density at radius 3 is 2.80 bits per heavy atom. The fraction of sp³-hybridized carbons (Fsp3) is 0.227. The summed E-state index contributed by atoms with van der Waals surface area (Å²) in [5, 5.41) is 16.3. The molecule has 1 atom stereocenters. The number of dihydropyridines is 1. The molecule has 2 N–H and O–H groups in total. The molecule has 0 radical (unpaired) electrons. The van der Waals surface area contributed by atoms with E-state index >= 15 is 0 Å². The van der Waals surface area contributed by atoms with Crippen LogP contribution in [0, 0.1) is 17.1 Å². The molecule has 1 aliphatic carbocycles. The quantitative estimate of drug-likeness (QED) is 0.748. The van der Waals surface area contributed by atoms with Crippen molar-refractivity contribution in [2.75, 3.05) is 11.1 Å². The second-order valence-corrected chi connectivity index (χ2v) is 7.93. The van der Waals surface area contributed by atoms with Gasteiger partial charge in [0.2, 0.25) is 5.91 Å². The Labute approximate surface area is 176 Å². The van der Waals surface area contributed by atoms with Gasteiger partial charge in [0.05, 0.1) is 34.6 Å². The average Bonchev–Trinajstić information content (AvgIpc) is 3.27. The van der Waals surface area contributed by atoms with Crippen LogP contribution in [-0.4, -0.2) is 17.4 Å². The third-order valence-electron chi connectivity index (χ3n) is 4.97. The van der Waals surface area contributed by atoms with Crippen LogP contribution in [0.1, 0.15) is 30.9 Å². The molecule has 0 fully saturated rings. The van der Waals surface area contributed by atoms with E-state index in [1.807, 2.05) is 0 Å². The summed E-state index contributed by atoms with van der Waals surface area (Å²) in [4.78, 5) is 25.0. The zero-order chi connectivity index (χ0) is 21.1. The molecule has 2 aliphatic rings. The summed E-state index contributed by atoms with van der Waals surface area (Å²) in [6.07, 6.45) is 3.39. The Morgan fingerprint density at radius 1 is 1.30 bits per heavy atom. The number of halogens is 1. The van der Waals surface area contributed by atoms with Gasteiger partial charge >= 0.3 is 0 Å². The molecule has 1 amide bonds. The number of hydrogen-bond acceptors (Lipinski definition) is 6. The van der Waals surface area contributed by atoms with E-state index in [1.165, 1.54) is 42.3 Å². The van der Waals surface area contributed by atoms with Crippen LogP contribution in [0.25, 0.3) is 0 Å². The van der Waals surface area contributed by atoms with Gasteiger partial charge in [0.15, 0.2) is 5.78 Å². The molecule has 30 heavy (non-hydrogen) atoms. The van der Waals surface area contributed by atoms with Gasteiger partial charge in [-0.1, -0.05) is 11.8 Å². The summed E-state index contributed by atoms with van der Waals surface area (Å²) >= 11 is 1.19. The minimum atomic E-state index is -0.572. The Hall–Kier alpha value is -3.31. The molecule has 2 aromatic rings. The van der Waals surface area contributed by atoms with Crippen LogP contribution in [-0.2, 0) is 9.59 Å². The minimum Gasteiger partial charge on any atom is -0.468 e. The number of hydrogen-bond donors (Lipinski definition) is 2. The third-order valence-corrected chi connectivity index (χ3v) is 5.98. The predicted octanol–water partition coefficient (Wildman–Crippen LogP) is 4.22. The number of nitrogens with one attached hydrogen (secondary N) is 2. The highest BCUT2D eigenvalue weighted by molar-refractivity contribution is 8.03. The number of rotatable bonds is 5. The zero-order valence-electron chi connectivity index (χ0n) is 15.9. The largest absolute Gasteiger partial charge is 0.468 e. The van der Waals surface area contributed by atoms with Gasteiger partial charge in [-0.3, -0.25) is 9.59 Å². The maximum absolute atomic E-state index is 13.0. The summed E-state index contributed by atoms with van der Waals surface area (Å²) in [6.45, 7) is 0. The number of benzene rings is 1. The number of Topliss-reactive ketones (excluding diaryl/α,β-unsaturated/α-hetero) is 1. The smallest absolute Gasteiger partial charge is 0.234 e. The van der Waals surface area contributed by atoms with Crippen LogP contribution in [0.5, 0.6) is 0 Å². The van der Waals surface area contributed by atoms with Crippen molar-refractivity contribution in [3.05, 3.63) is 76.1 Å². The van der Waals surface area contributed by atoms with Crippen LogP contribution in [0.15, 0.2) is 69.0 Å². The highest BCUT2D eigenvalue weighted by Crippen LogP contribution is 2.44. The zero-order valence-corrected chi connectivity index (χ0v) is 16.7. The van der Waals surface area contributed by atoms with Gasteiger partial charge in [0.25, 0.3) is 0 Å². The minimum absolute atomic E-state index is 0.0102. The molecule has 0 spiro atoms. The molecule has 8 heteroatoms. The van der Waals surface area contributed by atoms with E-state index in [1.54, 1.807) is 12.1 Å². The highest BCUT2D eigenvalue weighted by atomic mass is 32.2. The van der Waals surface area contributed by atoms with Crippen molar-refractivity contribution in [3.63, 3.8) is 0 Å². The van der Waals surface area contributed by atoms with E-state index in [9.17, 15) is 19.2 Å². The number of nitrogens with zero attached hydrogens (tertiary/aromatic N) is 1. The van der Waals surface area contributed by atoms with Gasteiger partial charge in [-0.15, -0.1) is 0 Å². The summed E-state index contributed by atoms with van der Waals surface area (Å²) in [5.41, 5.74) is 2.21. The lowest BCUT2D eigenvalue weighted by Gasteiger charge is -2.32. The van der Waals surface area contributed by atoms with E-state index in [2.05, 4.69) is 16.7 Å². The number of thioether (sulfide) groups is 1. The molecule has 0 unspecified atom stereocenters. The maximum Gasteiger partial charge on any atom is 0.234 e. The summed E-state index contributed by atoms with van der Waals surface area (Å²) < 4.78 is 18.6. The van der Waals surface area contributed by atoms with Crippen molar-refractivity contribution < 1.29 is 18.4 Å². The first-order valence-electron chi connectivity index (χ1n) is 9.46. The number of carbonyl (C=O) groups is 2. The van der Waals surface area contributed by atoms with Crippen molar-refractivity contribution in [3.8, 4) is 6.07 Å². The molecular weight excluding hydrogens is 405 g/mol. The molecule has 4 rings (SSSR count). The van der Waals surface area contributed by atoms with Gasteiger partial charge < -0.3 is 15.1 Å². The lowest BCUT2D eigenvalue weighted by atomic mass is 9.79. The van der Waals surface area contributed by atoms with E-state index in [4.69, 9.17) is 4.42 Å². The first-order valence-corrected chi connectivity index (χ1v) is 10.4. The van der Waals surface area contributed by atoms with Gasteiger partial charge in [-0.2, -0.15) is 5.26 Å². The van der Waals surface area contributed by atoms with Gasteiger partial charge in [-0.25, -0.2) is 4.39 Å². The van der Waals surface area contributed by atoms with Crippen molar-refractivity contribution >= 4 is 29.1 Å². The highest BCUT2D eigenvalue weighted by Gasteiger charge is 2.38. The maximum atomic E-state index is 13.0. The molecule has 1 aromatic carbocycles. The topological polar surface area (TPSA) is 95.1 Å². The van der Waals surface area contributed by atoms with Crippen molar-refractivity contribution in [2.24, 2.45) is 0 Å². The van der Waals surface area contributed by atoms with Crippen LogP contribution >= 0.6 is 11.8 Å². The Bertz CT molecular complexity index is 1080. The molecule has 1 aliphatic heterocycles. The van der Waals surface area contributed by atoms with E-state index < -0.39 is 5.92 Å². The normalized spacial score (nSPS) is 18.5. The fourth-order valence-electron chi connectivity index (χ4n) is 3.65.